The third-order valence-electron chi connectivity index (χ3n) is 14.8. The molecule has 2 fully saturated rings. The Bertz CT molecular complexity index is 2320. The van der Waals surface area contributed by atoms with Gasteiger partial charge in [-0.3, -0.25) is 19.2 Å². The molecule has 13 atom stereocenters. The number of amides is 2. The second-order valence-corrected chi connectivity index (χ2v) is 23.9. The minimum atomic E-state index is -2.00. The van der Waals surface area contributed by atoms with Crippen LogP contribution < -0.4 is 10.6 Å². The topological polar surface area (TPSA) is 335 Å². The van der Waals surface area contributed by atoms with Gasteiger partial charge in [-0.25, -0.2) is 14.0 Å². The minimum absolute atomic E-state index is 0.00127. The first-order valence-corrected chi connectivity index (χ1v) is 29.4. The Labute approximate surface area is 470 Å². The fourth-order valence-electron chi connectivity index (χ4n) is 9.60. The quantitative estimate of drug-likeness (QED) is 0.00400. The number of methoxy groups -OCH3 is 1. The molecule has 25 heteroatoms. The maximum Gasteiger partial charge on any atom is 0.334 e. The first kappa shape index (κ1) is 68.4. The molecule has 2 heterocycles. The zero-order valence-electron chi connectivity index (χ0n) is 47.1. The van der Waals surface area contributed by atoms with E-state index in [1.807, 2.05) is 6.92 Å². The van der Waals surface area contributed by atoms with E-state index in [-0.39, 0.29) is 60.1 Å². The summed E-state index contributed by atoms with van der Waals surface area (Å²) in [6, 6.07) is 3.56. The molecule has 7 N–H and O–H groups in total. The van der Waals surface area contributed by atoms with E-state index < -0.39 is 108 Å². The van der Waals surface area contributed by atoms with Gasteiger partial charge >= 0.3 is 17.9 Å². The van der Waals surface area contributed by atoms with E-state index in [9.17, 15) is 58.7 Å². The van der Waals surface area contributed by atoms with Crippen LogP contribution in [0.1, 0.15) is 137 Å². The zero-order chi connectivity index (χ0) is 59.1. The number of hydrogen-bond donors (Lipinski definition) is 7. The molecular weight excluding hydrogens is 1070 g/mol. The fourth-order valence-corrected chi connectivity index (χ4v) is 11.4. The van der Waals surface area contributed by atoms with Crippen LogP contribution in [0.2, 0.25) is 0 Å². The van der Waals surface area contributed by atoms with Crippen LogP contribution in [0.4, 0.5) is 10.1 Å². The average Bonchev–Trinajstić information content (AvgIpc) is 3.44. The number of ketones is 1. The van der Waals surface area contributed by atoms with Crippen LogP contribution in [0.25, 0.3) is 10.4 Å². The highest BCUT2D eigenvalue weighted by molar-refractivity contribution is 8.76. The van der Waals surface area contributed by atoms with Crippen molar-refractivity contribution in [1.29, 1.82) is 0 Å². The van der Waals surface area contributed by atoms with Crippen LogP contribution in [0.3, 0.4) is 0 Å². The Balaban J connectivity index is 1.42. The van der Waals surface area contributed by atoms with E-state index >= 15 is 0 Å². The highest BCUT2D eigenvalue weighted by atomic mass is 33.1. The van der Waals surface area contributed by atoms with Gasteiger partial charge in [0.15, 0.2) is 12.4 Å². The van der Waals surface area contributed by atoms with Gasteiger partial charge in [-0.15, -0.1) is 0 Å². The van der Waals surface area contributed by atoms with Crippen LogP contribution in [-0.4, -0.2) is 154 Å². The molecule has 0 aromatic heterocycles. The number of hydrogen-bond acceptors (Lipinski definition) is 18. The summed E-state index contributed by atoms with van der Waals surface area (Å²) in [4.78, 5) is 82.1. The molecule has 1 aromatic rings. The van der Waals surface area contributed by atoms with Gasteiger partial charge in [0.2, 0.25) is 0 Å². The normalized spacial score (nSPS) is 22.9. The summed E-state index contributed by atoms with van der Waals surface area (Å²) in [6.45, 7) is 16.8. The van der Waals surface area contributed by atoms with Gasteiger partial charge in [0, 0.05) is 72.9 Å². The number of esters is 1. The Morgan fingerprint density at radius 1 is 0.873 bits per heavy atom. The number of azide groups is 1. The van der Waals surface area contributed by atoms with Crippen molar-refractivity contribution >= 4 is 68.5 Å². The molecule has 444 valence electrons. The second-order valence-electron chi connectivity index (χ2n) is 21.2. The van der Waals surface area contributed by atoms with Gasteiger partial charge in [-0.05, 0) is 106 Å². The predicted octanol–water partition coefficient (Wildman–Crippen LogP) is 7.68. The van der Waals surface area contributed by atoms with Crippen LogP contribution in [0, 0.1) is 41.3 Å². The van der Waals surface area contributed by atoms with Gasteiger partial charge < -0.3 is 60.0 Å². The molecular formula is C54H83FN6O16S2. The van der Waals surface area contributed by atoms with E-state index in [2.05, 4.69) is 53.5 Å². The minimum Gasteiger partial charge on any atom is -0.478 e. The van der Waals surface area contributed by atoms with E-state index in [1.165, 1.54) is 40.8 Å². The molecule has 0 bridgehead atoms. The number of aliphatic carboxylic acids is 2. The van der Waals surface area contributed by atoms with Crippen LogP contribution >= 0.6 is 21.6 Å². The number of rotatable bonds is 34. The number of carboxylic acids is 2. The number of aliphatic hydroxyl groups excluding tert-OH is 3. The SMILES string of the molecule is CO[C@@H]([C@H](O)CC(=O)[C@@H](C)[C@@H](O)CC[C@@H](C)[C@@H]1O[C@]2(CC[C@@H](C)[C@H](CC[C@H](C)/C(C)=N\OCC(=O)NCCSSCCNC(=O)c3ccc(F)c(N=[N+]=[N-])c3)O2)CC[C@@H]1C)[C@H](OC(=O)C[C@@H](O)/C(C(=O)O)=C(\C)C(=O)O)C(C)C. The maximum atomic E-state index is 13.7. The maximum absolute atomic E-state index is 13.7. The number of nitrogens with zero attached hydrogens (tertiary/aromatic N) is 4. The third kappa shape index (κ3) is 21.9. The Hall–Kier alpha value is -4.85. The smallest absolute Gasteiger partial charge is 0.334 e. The van der Waals surface area contributed by atoms with Crippen molar-refractivity contribution in [3.8, 4) is 0 Å². The molecule has 0 radical (unpaired) electrons. The van der Waals surface area contributed by atoms with E-state index in [1.54, 1.807) is 20.8 Å². The molecule has 0 unspecified atom stereocenters. The monoisotopic (exact) mass is 1150 g/mol. The van der Waals surface area contributed by atoms with Crippen molar-refractivity contribution in [3.63, 3.8) is 0 Å². The van der Waals surface area contributed by atoms with Gasteiger partial charge in [-0.1, -0.05) is 80.3 Å². The predicted molar refractivity (Wildman–Crippen MR) is 296 cm³/mol. The van der Waals surface area contributed by atoms with Crippen LogP contribution in [0.5, 0.6) is 0 Å². The van der Waals surface area contributed by atoms with Gasteiger partial charge in [0.05, 0.1) is 53.9 Å². The van der Waals surface area contributed by atoms with Crippen molar-refractivity contribution in [3.05, 3.63) is 51.2 Å². The molecule has 2 aliphatic rings. The summed E-state index contributed by atoms with van der Waals surface area (Å²) >= 11 is 0. The summed E-state index contributed by atoms with van der Waals surface area (Å²) < 4.78 is 38.5. The van der Waals surface area contributed by atoms with Crippen molar-refractivity contribution in [2.45, 2.75) is 175 Å². The number of ether oxygens (including phenoxy) is 4. The van der Waals surface area contributed by atoms with Gasteiger partial charge in [0.1, 0.15) is 23.8 Å². The fraction of sp³-hybridized carbons (Fsp3) is 0.722. The van der Waals surface area contributed by atoms with Gasteiger partial charge in [-0.2, -0.15) is 0 Å². The number of Topliss-reactive ketones (excluding diaryl/α,β-unsaturated/α-hetero) is 1. The number of oxime groups is 1. The highest BCUT2D eigenvalue weighted by Crippen LogP contribution is 2.46. The number of carbonyl (C=O) groups is 6. The van der Waals surface area contributed by atoms with E-state index in [4.69, 9.17) is 29.3 Å². The lowest BCUT2D eigenvalue weighted by atomic mass is 9.79. The number of carbonyl (C=O) groups excluding carboxylic acids is 4. The first-order valence-electron chi connectivity index (χ1n) is 26.9. The van der Waals surface area contributed by atoms with Crippen molar-refractivity contribution in [2.24, 2.45) is 45.8 Å². The standard InChI is InChI=1S/C54H83FN6O16S2/c1-29(2)48(75-46(67)27-42(64)47(53(71)72)35(8)52(69)70)50(73-10)43(65)26-41(63)34(7)40(62)15-11-32(5)49-33(6)18-20-54(77-49)19-17-31(4)44(76-54)16-12-30(3)36(9)60-74-28-45(66)57-21-23-78-79-24-22-58-51(68)37-13-14-38(55)39(25-37)59-61-56/h13-14,25,29-34,40,42-44,48-50,62,64-65H,11-12,15-24,26-28H2,1-10H3,(H,57,66)(H,58,68)(H,69,70)(H,71,72)/b47-35-,60-36-/t30-,31+,32+,33-,34-,40-,42+,43+,44-,48+,49-,50-,54+/m0/s1. The highest BCUT2D eigenvalue weighted by Gasteiger charge is 2.48. The van der Waals surface area contributed by atoms with Crippen LogP contribution in [0.15, 0.2) is 39.6 Å². The average molecular weight is 1160 g/mol. The van der Waals surface area contributed by atoms with E-state index in [0.717, 1.165) is 57.2 Å². The molecule has 2 aliphatic heterocycles. The molecule has 3 rings (SSSR count). The zero-order valence-corrected chi connectivity index (χ0v) is 48.7. The van der Waals surface area contributed by atoms with Crippen molar-refractivity contribution in [2.75, 3.05) is 38.3 Å². The molecule has 79 heavy (non-hydrogen) atoms. The summed E-state index contributed by atoms with van der Waals surface area (Å²) in [5.74, 6) is -6.59. The van der Waals surface area contributed by atoms with Crippen molar-refractivity contribution < 1.29 is 82.5 Å². The number of nitrogens with one attached hydrogen (secondary N) is 2. The van der Waals surface area contributed by atoms with Gasteiger partial charge in [0.25, 0.3) is 11.8 Å². The molecule has 2 amide bonds. The molecule has 1 aromatic carbocycles. The molecule has 0 aliphatic carbocycles. The Morgan fingerprint density at radius 2 is 1.52 bits per heavy atom. The number of benzene rings is 1. The molecule has 22 nitrogen and oxygen atoms in total. The van der Waals surface area contributed by atoms with E-state index in [0.29, 0.717) is 36.9 Å². The van der Waals surface area contributed by atoms with Crippen molar-refractivity contribution in [1.82, 2.24) is 10.6 Å². The Morgan fingerprint density at radius 3 is 2.13 bits per heavy atom. The summed E-state index contributed by atoms with van der Waals surface area (Å²) in [5.41, 5.74) is 7.71. The third-order valence-corrected chi connectivity index (χ3v) is 17.2. The number of halogens is 1. The lowest BCUT2D eigenvalue weighted by Crippen LogP contribution is -2.53. The first-order chi connectivity index (χ1) is 37.3. The molecule has 0 saturated carbocycles. The molecule has 2 saturated heterocycles. The second kappa shape index (κ2) is 33.8. The van der Waals surface area contributed by atoms with Crippen LogP contribution in [-0.2, 0) is 47.8 Å². The summed E-state index contributed by atoms with van der Waals surface area (Å²) in [6.07, 6.45) is -2.77. The lowest BCUT2D eigenvalue weighted by Gasteiger charge is -2.51. The number of aliphatic hydroxyl groups is 3. The largest absolute Gasteiger partial charge is 0.478 e. The Kier molecular flexibility index (Phi) is 29.3. The number of carboxylic acid groups (broad SMARTS) is 2. The lowest BCUT2D eigenvalue weighted by molar-refractivity contribution is -0.338. The summed E-state index contributed by atoms with van der Waals surface area (Å²) in [7, 11) is 4.30. The molecule has 1 spiro atoms. The summed E-state index contributed by atoms with van der Waals surface area (Å²) in [5, 5.41) is 64.6.